The highest BCUT2D eigenvalue weighted by Crippen LogP contribution is 2.21. The Balaban J connectivity index is 1.64. The summed E-state index contributed by atoms with van der Waals surface area (Å²) in [6.45, 7) is 1.03. The maximum Gasteiger partial charge on any atom is 0.271 e. The van der Waals surface area contributed by atoms with Gasteiger partial charge in [-0.25, -0.2) is 13.8 Å². The van der Waals surface area contributed by atoms with Gasteiger partial charge in [0.2, 0.25) is 10.0 Å². The zero-order valence-electron chi connectivity index (χ0n) is 16.8. The lowest BCUT2D eigenvalue weighted by Gasteiger charge is -2.25. The fraction of sp³-hybridized carbons (Fsp3) is 0.273. The van der Waals surface area contributed by atoms with Gasteiger partial charge in [-0.05, 0) is 49.3 Å². The first-order valence-electron chi connectivity index (χ1n) is 9.75. The summed E-state index contributed by atoms with van der Waals surface area (Å²) in [6, 6.07) is 13.6. The van der Waals surface area contributed by atoms with Gasteiger partial charge in [0.25, 0.3) is 5.91 Å². The largest absolute Gasteiger partial charge is 0.496 e. The monoisotopic (exact) mass is 427 g/mol. The Morgan fingerprint density at radius 1 is 1.10 bits per heavy atom. The summed E-state index contributed by atoms with van der Waals surface area (Å²) in [7, 11) is -1.99. The number of carbonyl (C=O) groups is 1. The van der Waals surface area contributed by atoms with Gasteiger partial charge in [0.1, 0.15) is 5.75 Å². The van der Waals surface area contributed by atoms with Crippen molar-refractivity contribution in [3.8, 4) is 5.75 Å². The number of sulfonamides is 1. The van der Waals surface area contributed by atoms with Crippen LogP contribution < -0.4 is 10.2 Å². The first-order valence-corrected chi connectivity index (χ1v) is 11.2. The predicted octanol–water partition coefficient (Wildman–Crippen LogP) is 3.30. The van der Waals surface area contributed by atoms with Crippen molar-refractivity contribution < 1.29 is 17.9 Å². The molecule has 1 saturated heterocycles. The molecule has 1 aliphatic heterocycles. The molecule has 8 heteroatoms. The van der Waals surface area contributed by atoms with Crippen LogP contribution in [-0.2, 0) is 10.0 Å². The molecule has 2 aromatic rings. The van der Waals surface area contributed by atoms with Crippen molar-refractivity contribution in [2.45, 2.75) is 24.2 Å². The van der Waals surface area contributed by atoms with Crippen LogP contribution >= 0.6 is 0 Å². The smallest absolute Gasteiger partial charge is 0.271 e. The van der Waals surface area contributed by atoms with Crippen molar-refractivity contribution >= 4 is 28.2 Å². The minimum atomic E-state index is -3.59. The topological polar surface area (TPSA) is 88.1 Å². The number of allylic oxidation sites excluding steroid dienone is 1. The zero-order valence-corrected chi connectivity index (χ0v) is 17.6. The van der Waals surface area contributed by atoms with E-state index in [9.17, 15) is 13.2 Å². The van der Waals surface area contributed by atoms with E-state index in [0.29, 0.717) is 13.1 Å². The van der Waals surface area contributed by atoms with Crippen LogP contribution in [0.25, 0.3) is 6.08 Å². The fourth-order valence-electron chi connectivity index (χ4n) is 3.21. The molecule has 0 aliphatic carbocycles. The predicted molar refractivity (Wildman–Crippen MR) is 117 cm³/mol. The molecule has 158 valence electrons. The Morgan fingerprint density at radius 2 is 1.87 bits per heavy atom. The summed E-state index contributed by atoms with van der Waals surface area (Å²) in [6.07, 6.45) is 7.68. The number of piperidine rings is 1. The van der Waals surface area contributed by atoms with Crippen molar-refractivity contribution in [3.63, 3.8) is 0 Å². The number of ether oxygens (including phenoxy) is 1. The highest BCUT2D eigenvalue weighted by molar-refractivity contribution is 7.89. The Morgan fingerprint density at radius 3 is 2.63 bits per heavy atom. The molecule has 3 rings (SSSR count). The maximum atomic E-state index is 12.8. The summed E-state index contributed by atoms with van der Waals surface area (Å²) in [4.78, 5) is 12.5. The number of amides is 1. The van der Waals surface area contributed by atoms with Gasteiger partial charge in [0, 0.05) is 30.4 Å². The first-order chi connectivity index (χ1) is 14.5. The lowest BCUT2D eigenvalue weighted by molar-refractivity contribution is 0.0955. The number of nitrogens with one attached hydrogen (secondary N) is 1. The second kappa shape index (κ2) is 10.2. The summed E-state index contributed by atoms with van der Waals surface area (Å²) in [5.41, 5.74) is 3.53. The lowest BCUT2D eigenvalue weighted by Crippen LogP contribution is -2.35. The molecule has 1 amide bonds. The second-order valence-electron chi connectivity index (χ2n) is 6.81. The van der Waals surface area contributed by atoms with E-state index in [2.05, 4.69) is 10.5 Å². The van der Waals surface area contributed by atoms with Gasteiger partial charge in [0.05, 0.1) is 12.0 Å². The molecule has 1 aliphatic rings. The molecule has 0 unspecified atom stereocenters. The van der Waals surface area contributed by atoms with E-state index in [0.717, 1.165) is 30.6 Å². The van der Waals surface area contributed by atoms with Gasteiger partial charge < -0.3 is 4.74 Å². The average Bonchev–Trinajstić information content (AvgIpc) is 2.79. The van der Waals surface area contributed by atoms with Gasteiger partial charge in [-0.2, -0.15) is 9.41 Å². The molecule has 30 heavy (non-hydrogen) atoms. The molecule has 1 fully saturated rings. The number of para-hydroxylation sites is 1. The number of carbonyl (C=O) groups excluding carboxylic acids is 1. The minimum Gasteiger partial charge on any atom is -0.496 e. The van der Waals surface area contributed by atoms with Gasteiger partial charge >= 0.3 is 0 Å². The normalized spacial score (nSPS) is 15.5. The summed E-state index contributed by atoms with van der Waals surface area (Å²) in [5.74, 6) is 0.255. The third-order valence-electron chi connectivity index (χ3n) is 4.79. The van der Waals surface area contributed by atoms with E-state index in [1.165, 1.54) is 22.7 Å². The maximum absolute atomic E-state index is 12.8. The number of rotatable bonds is 7. The molecule has 0 saturated carbocycles. The van der Waals surface area contributed by atoms with E-state index in [-0.39, 0.29) is 10.5 Å². The van der Waals surface area contributed by atoms with Gasteiger partial charge in [-0.1, -0.05) is 30.7 Å². The van der Waals surface area contributed by atoms with Crippen molar-refractivity contribution in [3.05, 3.63) is 65.7 Å². The Bertz CT molecular complexity index is 1040. The molecule has 1 heterocycles. The number of methoxy groups -OCH3 is 1. The quantitative estimate of drug-likeness (QED) is 0.542. The van der Waals surface area contributed by atoms with Crippen LogP contribution in [0.15, 0.2) is 64.6 Å². The average molecular weight is 428 g/mol. The van der Waals surface area contributed by atoms with Gasteiger partial charge in [-0.3, -0.25) is 4.79 Å². The fourth-order valence-corrected chi connectivity index (χ4v) is 4.77. The molecule has 1 N–H and O–H groups in total. The number of hydrazone groups is 1. The van der Waals surface area contributed by atoms with E-state index < -0.39 is 15.9 Å². The van der Waals surface area contributed by atoms with Crippen LogP contribution in [0.1, 0.15) is 35.2 Å². The summed E-state index contributed by atoms with van der Waals surface area (Å²) in [5, 5.41) is 3.89. The molecule has 2 aromatic carbocycles. The van der Waals surface area contributed by atoms with E-state index >= 15 is 0 Å². The molecule has 0 aromatic heterocycles. The van der Waals surface area contributed by atoms with E-state index in [4.69, 9.17) is 4.74 Å². The van der Waals surface area contributed by atoms with Crippen molar-refractivity contribution in [1.82, 2.24) is 9.73 Å². The number of hydrogen-bond donors (Lipinski definition) is 1. The van der Waals surface area contributed by atoms with Crippen LogP contribution in [0.4, 0.5) is 0 Å². The van der Waals surface area contributed by atoms with Crippen LogP contribution in [0.2, 0.25) is 0 Å². The molecular formula is C22H25N3O4S. The van der Waals surface area contributed by atoms with Crippen LogP contribution in [0.5, 0.6) is 5.75 Å². The molecule has 0 bridgehead atoms. The molecule has 7 nitrogen and oxygen atoms in total. The van der Waals surface area contributed by atoms with Crippen LogP contribution in [0, 0.1) is 0 Å². The number of benzene rings is 2. The highest BCUT2D eigenvalue weighted by atomic mass is 32.2. The van der Waals surface area contributed by atoms with E-state index in [1.54, 1.807) is 31.4 Å². The standard InChI is InChI=1S/C22H25N3O4S/c1-29-21-13-4-3-9-18(21)11-8-14-23-24-22(26)19-10-7-12-20(17-19)30(27,28)25-15-5-2-6-16-25/h3-4,7-14,17H,2,5-6,15-16H2,1H3,(H,24,26). The Labute approximate surface area is 177 Å². The van der Waals surface area contributed by atoms with Gasteiger partial charge in [0.15, 0.2) is 0 Å². The summed E-state index contributed by atoms with van der Waals surface area (Å²) >= 11 is 0. The van der Waals surface area contributed by atoms with Gasteiger partial charge in [-0.15, -0.1) is 0 Å². The third kappa shape index (κ3) is 5.34. The number of nitrogens with zero attached hydrogens (tertiary/aromatic N) is 2. The molecular weight excluding hydrogens is 402 g/mol. The van der Waals surface area contributed by atoms with Crippen LogP contribution in [-0.4, -0.2) is 45.0 Å². The lowest BCUT2D eigenvalue weighted by atomic mass is 10.2. The van der Waals surface area contributed by atoms with Crippen molar-refractivity contribution in [1.29, 1.82) is 0 Å². The van der Waals surface area contributed by atoms with E-state index in [1.807, 2.05) is 24.3 Å². The molecule has 0 radical (unpaired) electrons. The van der Waals surface area contributed by atoms with Crippen LogP contribution in [0.3, 0.4) is 0 Å². The Hall–Kier alpha value is -2.97. The molecule has 0 spiro atoms. The third-order valence-corrected chi connectivity index (χ3v) is 6.69. The SMILES string of the molecule is COc1ccccc1C=CC=NNC(=O)c1cccc(S(=O)(=O)N2CCCCC2)c1. The van der Waals surface area contributed by atoms with Crippen molar-refractivity contribution in [2.24, 2.45) is 5.10 Å². The van der Waals surface area contributed by atoms with Crippen molar-refractivity contribution in [2.75, 3.05) is 20.2 Å². The molecule has 0 atom stereocenters. The highest BCUT2D eigenvalue weighted by Gasteiger charge is 2.26. The summed E-state index contributed by atoms with van der Waals surface area (Å²) < 4.78 is 32.3. The Kier molecular flexibility index (Phi) is 7.37. The minimum absolute atomic E-state index is 0.122. The second-order valence-corrected chi connectivity index (χ2v) is 8.75. The number of hydrogen-bond acceptors (Lipinski definition) is 5. The zero-order chi connectivity index (χ0) is 21.4. The first kappa shape index (κ1) is 21.7.